The number of sulfonamides is 1. The minimum atomic E-state index is -4.15. The van der Waals surface area contributed by atoms with Crippen LogP contribution in [0.1, 0.15) is 15.2 Å². The van der Waals surface area contributed by atoms with Gasteiger partial charge >= 0.3 is 5.97 Å². The highest BCUT2D eigenvalue weighted by Crippen LogP contribution is 2.32. The molecule has 0 radical (unpaired) electrons. The molecule has 0 bridgehead atoms. The second-order valence-corrected chi connectivity index (χ2v) is 7.09. The topological polar surface area (TPSA) is 74.7 Å². The van der Waals surface area contributed by atoms with E-state index in [9.17, 15) is 17.6 Å². The highest BCUT2D eigenvalue weighted by atomic mass is 32.2. The molecule has 0 atom stereocenters. The number of hydrogen-bond donors (Lipinski definition) is 1. The third-order valence-electron chi connectivity index (χ3n) is 2.92. The molecule has 21 heavy (non-hydrogen) atoms. The first-order chi connectivity index (χ1) is 9.76. The molecule has 0 aliphatic rings. The minimum Gasteiger partial charge on any atom is -0.477 e. The van der Waals surface area contributed by atoms with Crippen LogP contribution >= 0.6 is 11.3 Å². The van der Waals surface area contributed by atoms with Gasteiger partial charge in [-0.3, -0.25) is 4.31 Å². The van der Waals surface area contributed by atoms with Crippen LogP contribution in [-0.2, 0) is 10.0 Å². The van der Waals surface area contributed by atoms with E-state index in [0.29, 0.717) is 5.56 Å². The fourth-order valence-electron chi connectivity index (χ4n) is 1.88. The highest BCUT2D eigenvalue weighted by molar-refractivity contribution is 7.93. The normalized spacial score (nSPS) is 11.4. The van der Waals surface area contributed by atoms with E-state index in [1.165, 1.54) is 37.6 Å². The zero-order valence-electron chi connectivity index (χ0n) is 11.2. The van der Waals surface area contributed by atoms with Crippen LogP contribution in [0.15, 0.2) is 34.5 Å². The largest absolute Gasteiger partial charge is 0.477 e. The maximum absolute atomic E-state index is 13.8. The molecule has 0 aliphatic carbocycles. The molecule has 8 heteroatoms. The number of carboxylic acid groups (broad SMARTS) is 1. The summed E-state index contributed by atoms with van der Waals surface area (Å²) in [6, 6.07) is 5.40. The van der Waals surface area contributed by atoms with E-state index in [1.54, 1.807) is 0 Å². The van der Waals surface area contributed by atoms with Crippen molar-refractivity contribution in [3.05, 3.63) is 45.9 Å². The number of rotatable bonds is 4. The summed E-state index contributed by atoms with van der Waals surface area (Å²) in [4.78, 5) is 10.6. The van der Waals surface area contributed by atoms with Crippen LogP contribution in [0, 0.1) is 12.7 Å². The van der Waals surface area contributed by atoms with Gasteiger partial charge in [-0.2, -0.15) is 0 Å². The molecule has 112 valence electrons. The first-order valence-electron chi connectivity index (χ1n) is 5.81. The number of thiophene rings is 1. The van der Waals surface area contributed by atoms with Gasteiger partial charge in [-0.15, -0.1) is 11.3 Å². The lowest BCUT2D eigenvalue weighted by molar-refractivity contribution is 0.0698. The number of para-hydroxylation sites is 1. The van der Waals surface area contributed by atoms with Gasteiger partial charge in [-0.25, -0.2) is 17.6 Å². The third kappa shape index (κ3) is 2.64. The maximum atomic E-state index is 13.8. The molecule has 1 N–H and O–H groups in total. The van der Waals surface area contributed by atoms with Crippen LogP contribution in [0.4, 0.5) is 10.1 Å². The first kappa shape index (κ1) is 15.5. The Hall–Kier alpha value is -1.93. The smallest absolute Gasteiger partial charge is 0.347 e. The van der Waals surface area contributed by atoms with E-state index in [0.717, 1.165) is 21.7 Å². The van der Waals surface area contributed by atoms with Crippen molar-refractivity contribution in [2.45, 2.75) is 11.8 Å². The van der Waals surface area contributed by atoms with Crippen molar-refractivity contribution in [3.63, 3.8) is 0 Å². The molecule has 0 saturated carbocycles. The summed E-state index contributed by atoms with van der Waals surface area (Å²) in [6.07, 6.45) is 0. The Morgan fingerprint density at radius 3 is 2.52 bits per heavy atom. The van der Waals surface area contributed by atoms with Gasteiger partial charge in [0.05, 0.1) is 5.69 Å². The SMILES string of the molecule is Cc1csc(C(=O)O)c1S(=O)(=O)N(C)c1ccccc1F. The lowest BCUT2D eigenvalue weighted by Crippen LogP contribution is -2.28. The predicted molar refractivity (Wildman–Crippen MR) is 78.0 cm³/mol. The first-order valence-corrected chi connectivity index (χ1v) is 8.13. The summed E-state index contributed by atoms with van der Waals surface area (Å²) in [6.45, 7) is 1.50. The van der Waals surface area contributed by atoms with E-state index < -0.39 is 21.8 Å². The Morgan fingerprint density at radius 1 is 1.33 bits per heavy atom. The Kier molecular flexibility index (Phi) is 4.02. The molecule has 0 saturated heterocycles. The van der Waals surface area contributed by atoms with Gasteiger partial charge in [0.1, 0.15) is 15.6 Å². The average molecular weight is 329 g/mol. The number of hydrogen-bond acceptors (Lipinski definition) is 4. The molecule has 0 aliphatic heterocycles. The van der Waals surface area contributed by atoms with Gasteiger partial charge in [0.2, 0.25) is 0 Å². The Morgan fingerprint density at radius 2 is 1.95 bits per heavy atom. The average Bonchev–Trinajstić information content (AvgIpc) is 2.81. The van der Waals surface area contributed by atoms with Crippen molar-refractivity contribution < 1.29 is 22.7 Å². The molecular formula is C13H12FNO4S2. The fraction of sp³-hybridized carbons (Fsp3) is 0.154. The Bertz CT molecular complexity index is 798. The molecule has 0 fully saturated rings. The van der Waals surface area contributed by atoms with Crippen molar-refractivity contribution in [1.29, 1.82) is 0 Å². The van der Waals surface area contributed by atoms with E-state index in [4.69, 9.17) is 5.11 Å². The van der Waals surface area contributed by atoms with E-state index in [2.05, 4.69) is 0 Å². The molecule has 1 aromatic heterocycles. The molecule has 5 nitrogen and oxygen atoms in total. The number of carboxylic acids is 1. The summed E-state index contributed by atoms with van der Waals surface area (Å²) in [7, 11) is -2.96. The molecule has 1 aromatic carbocycles. The summed E-state index contributed by atoms with van der Waals surface area (Å²) in [5, 5.41) is 10.6. The minimum absolute atomic E-state index is 0.139. The van der Waals surface area contributed by atoms with Crippen molar-refractivity contribution >= 4 is 33.0 Å². The standard InChI is InChI=1S/C13H12FNO4S2/c1-8-7-20-11(13(16)17)12(8)21(18,19)15(2)10-6-4-3-5-9(10)14/h3-7H,1-2H3,(H,16,17). The monoisotopic (exact) mass is 329 g/mol. The van der Waals surface area contributed by atoms with Gasteiger partial charge < -0.3 is 5.11 Å². The second kappa shape index (κ2) is 5.45. The van der Waals surface area contributed by atoms with Crippen LogP contribution in [-0.4, -0.2) is 26.5 Å². The fourth-order valence-corrected chi connectivity index (χ4v) is 4.66. The summed E-state index contributed by atoms with van der Waals surface area (Å²) in [5.74, 6) is -2.03. The van der Waals surface area contributed by atoms with Gasteiger partial charge in [0, 0.05) is 7.05 Å². The zero-order chi connectivity index (χ0) is 15.8. The lowest BCUT2D eigenvalue weighted by Gasteiger charge is -2.20. The molecule has 0 amide bonds. The molecule has 1 heterocycles. The summed E-state index contributed by atoms with van der Waals surface area (Å²) >= 11 is 0.829. The number of aromatic carboxylic acids is 1. The van der Waals surface area contributed by atoms with Crippen LogP contribution in [0.5, 0.6) is 0 Å². The van der Waals surface area contributed by atoms with Crippen LogP contribution in [0.25, 0.3) is 0 Å². The number of aryl methyl sites for hydroxylation is 1. The second-order valence-electron chi connectivity index (χ2n) is 4.31. The quantitative estimate of drug-likeness (QED) is 0.936. The van der Waals surface area contributed by atoms with Crippen molar-refractivity contribution in [3.8, 4) is 0 Å². The summed E-state index contributed by atoms with van der Waals surface area (Å²) in [5.41, 5.74) is 0.181. The van der Waals surface area contributed by atoms with E-state index in [-0.39, 0.29) is 15.5 Å². The summed E-state index contributed by atoms with van der Waals surface area (Å²) < 4.78 is 39.7. The number of benzene rings is 1. The number of anilines is 1. The van der Waals surface area contributed by atoms with Gasteiger partial charge in [-0.1, -0.05) is 12.1 Å². The van der Waals surface area contributed by atoms with Crippen LogP contribution < -0.4 is 4.31 Å². The van der Waals surface area contributed by atoms with Crippen LogP contribution in [0.3, 0.4) is 0 Å². The van der Waals surface area contributed by atoms with E-state index in [1.807, 2.05) is 0 Å². The zero-order valence-corrected chi connectivity index (χ0v) is 12.8. The Balaban J connectivity index is 2.61. The number of halogens is 1. The molecular weight excluding hydrogens is 317 g/mol. The molecule has 2 rings (SSSR count). The number of carbonyl (C=O) groups is 1. The molecule has 0 unspecified atom stereocenters. The van der Waals surface area contributed by atoms with Crippen molar-refractivity contribution in [2.24, 2.45) is 0 Å². The maximum Gasteiger partial charge on any atom is 0.347 e. The van der Waals surface area contributed by atoms with E-state index >= 15 is 0 Å². The lowest BCUT2D eigenvalue weighted by atomic mass is 10.3. The van der Waals surface area contributed by atoms with Gasteiger partial charge in [0.25, 0.3) is 10.0 Å². The van der Waals surface area contributed by atoms with Gasteiger partial charge in [-0.05, 0) is 30.0 Å². The van der Waals surface area contributed by atoms with Crippen molar-refractivity contribution in [1.82, 2.24) is 0 Å². The Labute approximate surface area is 125 Å². The highest BCUT2D eigenvalue weighted by Gasteiger charge is 2.31. The molecule has 0 spiro atoms. The predicted octanol–water partition coefficient (Wildman–Crippen LogP) is 2.72. The number of nitrogens with zero attached hydrogens (tertiary/aromatic N) is 1. The van der Waals surface area contributed by atoms with Crippen LogP contribution in [0.2, 0.25) is 0 Å². The van der Waals surface area contributed by atoms with Crippen molar-refractivity contribution in [2.75, 3.05) is 11.4 Å². The molecule has 2 aromatic rings. The third-order valence-corrected chi connectivity index (χ3v) is 6.10. The van der Waals surface area contributed by atoms with Gasteiger partial charge in [0.15, 0.2) is 0 Å².